The zero-order valence-electron chi connectivity index (χ0n) is 13.1. The molecule has 1 saturated carbocycles. The molecule has 0 unspecified atom stereocenters. The third-order valence-electron chi connectivity index (χ3n) is 4.22. The molecule has 0 aromatic carbocycles. The summed E-state index contributed by atoms with van der Waals surface area (Å²) in [7, 11) is 3.07. The van der Waals surface area contributed by atoms with Crippen LogP contribution in [0, 0.1) is 0 Å². The Balaban J connectivity index is 2.39. The van der Waals surface area contributed by atoms with Crippen LogP contribution in [0.1, 0.15) is 39.0 Å². The summed E-state index contributed by atoms with van der Waals surface area (Å²) < 4.78 is 2.35. The first-order valence-corrected chi connectivity index (χ1v) is 7.62. The predicted molar refractivity (Wildman–Crippen MR) is 82.6 cm³/mol. The van der Waals surface area contributed by atoms with Gasteiger partial charge in [0.2, 0.25) is 5.82 Å². The van der Waals surface area contributed by atoms with E-state index in [4.69, 9.17) is 5.73 Å². The summed E-state index contributed by atoms with van der Waals surface area (Å²) in [5.74, 6) is 0.377. The van der Waals surface area contributed by atoms with E-state index in [-0.39, 0.29) is 17.6 Å². The molecule has 2 rings (SSSR count). The fraction of sp³-hybridized carbons (Fsp3) is 0.786. The van der Waals surface area contributed by atoms with Crippen molar-refractivity contribution in [3.05, 3.63) is 20.8 Å². The topological polar surface area (TPSA) is 86.2 Å². The van der Waals surface area contributed by atoms with Gasteiger partial charge in [0.25, 0.3) is 5.56 Å². The molecule has 2 N–H and O–H groups in total. The van der Waals surface area contributed by atoms with E-state index >= 15 is 0 Å². The second kappa shape index (κ2) is 6.43. The first kappa shape index (κ1) is 15.8. The molecule has 7 nitrogen and oxygen atoms in total. The number of hydrogen-bond acceptors (Lipinski definition) is 5. The maximum atomic E-state index is 12.4. The number of nitrogens with two attached hydrogens (primary N) is 1. The third kappa shape index (κ3) is 3.18. The molecule has 1 aliphatic carbocycles. The smallest absolute Gasteiger partial charge is 0.346 e. The average molecular weight is 295 g/mol. The molecule has 0 aliphatic heterocycles. The fourth-order valence-corrected chi connectivity index (χ4v) is 2.98. The van der Waals surface area contributed by atoms with Gasteiger partial charge in [0.05, 0.1) is 0 Å². The number of rotatable bonds is 4. The Labute approximate surface area is 124 Å². The van der Waals surface area contributed by atoms with E-state index in [9.17, 15) is 9.59 Å². The van der Waals surface area contributed by atoms with Crippen molar-refractivity contribution in [3.63, 3.8) is 0 Å². The van der Waals surface area contributed by atoms with Gasteiger partial charge in [0.1, 0.15) is 0 Å². The maximum Gasteiger partial charge on any atom is 0.346 e. The van der Waals surface area contributed by atoms with Crippen LogP contribution in [0.5, 0.6) is 0 Å². The van der Waals surface area contributed by atoms with Gasteiger partial charge < -0.3 is 10.6 Å². The number of aryl methyl sites for hydroxylation is 1. The van der Waals surface area contributed by atoms with Crippen LogP contribution >= 0.6 is 0 Å². The Kier molecular flexibility index (Phi) is 4.82. The summed E-state index contributed by atoms with van der Waals surface area (Å²) in [6, 6.07) is 0.545. The van der Waals surface area contributed by atoms with Crippen LogP contribution in [0.3, 0.4) is 0 Å². The van der Waals surface area contributed by atoms with E-state index in [2.05, 4.69) is 16.9 Å². The maximum absolute atomic E-state index is 12.4. The normalized spacial score (nSPS) is 22.3. The first-order valence-electron chi connectivity index (χ1n) is 7.62. The Morgan fingerprint density at radius 1 is 1.24 bits per heavy atom. The quantitative estimate of drug-likeness (QED) is 0.842. The molecule has 1 aromatic heterocycles. The van der Waals surface area contributed by atoms with Crippen LogP contribution in [-0.2, 0) is 14.1 Å². The van der Waals surface area contributed by atoms with Crippen LogP contribution in [0.15, 0.2) is 9.59 Å². The third-order valence-corrected chi connectivity index (χ3v) is 4.22. The summed E-state index contributed by atoms with van der Waals surface area (Å²) in [5, 5.41) is 4.21. The van der Waals surface area contributed by atoms with Crippen molar-refractivity contribution >= 4 is 5.82 Å². The highest BCUT2D eigenvalue weighted by Gasteiger charge is 2.27. The minimum absolute atomic E-state index is 0.264. The van der Waals surface area contributed by atoms with E-state index in [0.717, 1.165) is 43.2 Å². The van der Waals surface area contributed by atoms with E-state index < -0.39 is 5.69 Å². The zero-order chi connectivity index (χ0) is 15.6. The molecule has 0 bridgehead atoms. The highest BCUT2D eigenvalue weighted by atomic mass is 16.2. The van der Waals surface area contributed by atoms with Crippen molar-refractivity contribution in [2.75, 3.05) is 11.4 Å². The van der Waals surface area contributed by atoms with Gasteiger partial charge in [-0.25, -0.2) is 9.48 Å². The number of nitrogens with zero attached hydrogens (tertiary/aromatic N) is 4. The molecule has 0 radical (unpaired) electrons. The van der Waals surface area contributed by atoms with Gasteiger partial charge in [0.15, 0.2) is 0 Å². The number of hydrogen-bond donors (Lipinski definition) is 1. The fourth-order valence-electron chi connectivity index (χ4n) is 2.98. The largest absolute Gasteiger partial charge is 0.348 e. The predicted octanol–water partition coefficient (Wildman–Crippen LogP) is -0.0347. The molecule has 118 valence electrons. The van der Waals surface area contributed by atoms with Crippen molar-refractivity contribution in [1.82, 2.24) is 14.3 Å². The van der Waals surface area contributed by atoms with Gasteiger partial charge in [-0.05, 0) is 32.1 Å². The lowest BCUT2D eigenvalue weighted by molar-refractivity contribution is 0.371. The Morgan fingerprint density at radius 2 is 1.86 bits per heavy atom. The van der Waals surface area contributed by atoms with E-state index in [0.29, 0.717) is 5.82 Å². The summed E-state index contributed by atoms with van der Waals surface area (Å²) in [4.78, 5) is 26.2. The zero-order valence-corrected chi connectivity index (χ0v) is 13.1. The van der Waals surface area contributed by atoms with Crippen molar-refractivity contribution in [2.24, 2.45) is 19.8 Å². The van der Waals surface area contributed by atoms with Gasteiger partial charge in [0, 0.05) is 32.7 Å². The van der Waals surface area contributed by atoms with Gasteiger partial charge in [-0.15, -0.1) is 5.10 Å². The lowest BCUT2D eigenvalue weighted by atomic mass is 9.90. The molecule has 0 atom stereocenters. The highest BCUT2D eigenvalue weighted by Crippen LogP contribution is 2.24. The molecule has 0 saturated heterocycles. The van der Waals surface area contributed by atoms with Crippen molar-refractivity contribution < 1.29 is 0 Å². The van der Waals surface area contributed by atoms with E-state index in [1.807, 2.05) is 0 Å². The molecule has 1 aromatic rings. The molecule has 1 heterocycles. The second-order valence-corrected chi connectivity index (χ2v) is 5.86. The van der Waals surface area contributed by atoms with Crippen LogP contribution < -0.4 is 21.9 Å². The van der Waals surface area contributed by atoms with Gasteiger partial charge in [-0.2, -0.15) is 0 Å². The van der Waals surface area contributed by atoms with E-state index in [1.165, 1.54) is 11.7 Å². The second-order valence-electron chi connectivity index (χ2n) is 5.86. The minimum atomic E-state index is -0.397. The monoisotopic (exact) mass is 295 g/mol. The standard InChI is InChI=1S/C14H25N5O2/c1-4-9-19(11-7-5-10(15)6-8-11)12-13(20)17(2)14(21)18(3)16-12/h10-11H,4-9,15H2,1-3H3. The number of anilines is 1. The molecule has 7 heteroatoms. The molecule has 1 fully saturated rings. The van der Waals surface area contributed by atoms with Crippen molar-refractivity contribution in [1.29, 1.82) is 0 Å². The lowest BCUT2D eigenvalue weighted by Gasteiger charge is -2.36. The van der Waals surface area contributed by atoms with Gasteiger partial charge >= 0.3 is 5.69 Å². The molecule has 0 amide bonds. The van der Waals surface area contributed by atoms with Gasteiger partial charge in [-0.3, -0.25) is 9.36 Å². The Hall–Kier alpha value is -1.63. The summed E-state index contributed by atoms with van der Waals surface area (Å²) in [5.41, 5.74) is 5.25. The molecule has 1 aliphatic rings. The number of aromatic nitrogens is 3. The summed E-state index contributed by atoms with van der Waals surface area (Å²) >= 11 is 0. The molecular weight excluding hydrogens is 270 g/mol. The van der Waals surface area contributed by atoms with Crippen LogP contribution in [0.25, 0.3) is 0 Å². The Bertz CT molecular complexity index is 598. The van der Waals surface area contributed by atoms with Crippen molar-refractivity contribution in [2.45, 2.75) is 51.1 Å². The van der Waals surface area contributed by atoms with Crippen LogP contribution in [0.2, 0.25) is 0 Å². The average Bonchev–Trinajstić information content (AvgIpc) is 2.48. The van der Waals surface area contributed by atoms with Crippen LogP contribution in [0.4, 0.5) is 5.82 Å². The van der Waals surface area contributed by atoms with Crippen molar-refractivity contribution in [3.8, 4) is 0 Å². The van der Waals surface area contributed by atoms with Gasteiger partial charge in [-0.1, -0.05) is 6.92 Å². The van der Waals surface area contributed by atoms with Crippen LogP contribution in [-0.4, -0.2) is 33.0 Å². The van der Waals surface area contributed by atoms with E-state index in [1.54, 1.807) is 7.05 Å². The SMILES string of the molecule is CCCN(c1nn(C)c(=O)n(C)c1=O)C1CCC(N)CC1. The molecule has 0 spiro atoms. The Morgan fingerprint density at radius 3 is 2.43 bits per heavy atom. The summed E-state index contributed by atoms with van der Waals surface area (Å²) in [6.45, 7) is 2.84. The first-order chi connectivity index (χ1) is 9.95. The molecule has 21 heavy (non-hydrogen) atoms. The molecular formula is C14H25N5O2. The lowest BCUT2D eigenvalue weighted by Crippen LogP contribution is -2.48. The minimum Gasteiger partial charge on any atom is -0.348 e. The summed E-state index contributed by atoms with van der Waals surface area (Å²) in [6.07, 6.45) is 4.80. The highest BCUT2D eigenvalue weighted by molar-refractivity contribution is 5.36.